The van der Waals surface area contributed by atoms with Crippen LogP contribution >= 0.6 is 0 Å². The van der Waals surface area contributed by atoms with E-state index in [-0.39, 0.29) is 0 Å². The fourth-order valence-electron chi connectivity index (χ4n) is 3.36. The molecule has 4 rings (SSSR count). The van der Waals surface area contributed by atoms with Gasteiger partial charge in [0.2, 0.25) is 0 Å². The van der Waals surface area contributed by atoms with E-state index >= 15 is 0 Å². The summed E-state index contributed by atoms with van der Waals surface area (Å²) in [6, 6.07) is 7.66. The molecule has 0 fully saturated rings. The van der Waals surface area contributed by atoms with E-state index in [0.717, 1.165) is 57.6 Å². The minimum atomic E-state index is 0.632. The van der Waals surface area contributed by atoms with Crippen LogP contribution in [0.15, 0.2) is 82.9 Å². The Kier molecular flexibility index (Phi) is 5.74. The van der Waals surface area contributed by atoms with Crippen LogP contribution in [0, 0.1) is 0 Å². The van der Waals surface area contributed by atoms with Crippen LogP contribution in [0.2, 0.25) is 0 Å². The monoisotopic (exact) mass is 410 g/mol. The highest BCUT2D eigenvalue weighted by Gasteiger charge is 2.24. The van der Waals surface area contributed by atoms with E-state index in [9.17, 15) is 0 Å². The quantitative estimate of drug-likeness (QED) is 0.533. The lowest BCUT2D eigenvalue weighted by Gasteiger charge is -2.26. The van der Waals surface area contributed by atoms with Crippen molar-refractivity contribution in [2.75, 3.05) is 0 Å². The first-order valence-corrected chi connectivity index (χ1v) is 10.1. The maximum atomic E-state index is 6.09. The van der Waals surface area contributed by atoms with Gasteiger partial charge < -0.3 is 28.4 Å². The number of para-hydroxylation sites is 2. The Balaban J connectivity index is 1.46. The summed E-state index contributed by atoms with van der Waals surface area (Å²) in [7, 11) is 0. The molecule has 0 amide bonds. The van der Waals surface area contributed by atoms with E-state index in [0.29, 0.717) is 25.7 Å². The molecule has 0 N–H and O–H groups in total. The molecule has 0 aliphatic carbocycles. The van der Waals surface area contributed by atoms with E-state index in [1.54, 1.807) is 6.26 Å². The fraction of sp³-hybridized carbons (Fsp3) is 0.333. The highest BCUT2D eigenvalue weighted by atomic mass is 16.6. The van der Waals surface area contributed by atoms with E-state index < -0.39 is 0 Å². The first-order valence-electron chi connectivity index (χ1n) is 10.1. The average Bonchev–Trinajstić information content (AvgIpc) is 2.74. The SMILES string of the molecule is CC1=C(C)OC(CCC2=C(C)Oc3ccccc3O2)=C(CCC2=C(C)OC=CO2)O1. The zero-order valence-corrected chi connectivity index (χ0v) is 17.7. The minimum absolute atomic E-state index is 0.632. The first kappa shape index (κ1) is 20.0. The van der Waals surface area contributed by atoms with Crippen LogP contribution in [0.5, 0.6) is 11.5 Å². The highest BCUT2D eigenvalue weighted by Crippen LogP contribution is 2.37. The molecule has 6 heteroatoms. The Morgan fingerprint density at radius 2 is 1.03 bits per heavy atom. The van der Waals surface area contributed by atoms with Crippen LogP contribution in [-0.4, -0.2) is 0 Å². The summed E-state index contributed by atoms with van der Waals surface area (Å²) in [5.41, 5.74) is 0. The van der Waals surface area contributed by atoms with Gasteiger partial charge in [0.05, 0.1) is 0 Å². The fourth-order valence-corrected chi connectivity index (χ4v) is 3.36. The third kappa shape index (κ3) is 4.32. The number of rotatable bonds is 6. The Hall–Kier alpha value is -3.28. The van der Waals surface area contributed by atoms with E-state index in [1.165, 1.54) is 6.26 Å². The Morgan fingerprint density at radius 3 is 1.67 bits per heavy atom. The molecule has 0 atom stereocenters. The van der Waals surface area contributed by atoms with Crippen molar-refractivity contribution in [3.8, 4) is 11.5 Å². The van der Waals surface area contributed by atoms with Gasteiger partial charge in [0.25, 0.3) is 0 Å². The van der Waals surface area contributed by atoms with Crippen molar-refractivity contribution >= 4 is 0 Å². The molecule has 158 valence electrons. The predicted molar refractivity (Wildman–Crippen MR) is 110 cm³/mol. The summed E-state index contributed by atoms with van der Waals surface area (Å²) >= 11 is 0. The zero-order chi connectivity index (χ0) is 21.1. The van der Waals surface area contributed by atoms with Crippen molar-refractivity contribution < 1.29 is 28.4 Å². The van der Waals surface area contributed by atoms with E-state index in [2.05, 4.69) is 0 Å². The Morgan fingerprint density at radius 1 is 0.500 bits per heavy atom. The Labute approximate surface area is 176 Å². The Bertz CT molecular complexity index is 993. The summed E-state index contributed by atoms with van der Waals surface area (Å²) in [5.74, 6) is 7.68. The second-order valence-corrected chi connectivity index (χ2v) is 7.28. The lowest BCUT2D eigenvalue weighted by atomic mass is 10.1. The van der Waals surface area contributed by atoms with Gasteiger partial charge in [-0.1, -0.05) is 12.1 Å². The summed E-state index contributed by atoms with van der Waals surface area (Å²) in [4.78, 5) is 0. The number of hydrogen-bond donors (Lipinski definition) is 0. The molecule has 1 aromatic rings. The number of ether oxygens (including phenoxy) is 6. The maximum Gasteiger partial charge on any atom is 0.169 e. The highest BCUT2D eigenvalue weighted by molar-refractivity contribution is 5.44. The number of fused-ring (bicyclic) bond motifs is 1. The standard InChI is InChI=1S/C24H26O6/c1-15-16(2)28-24(23(27-15)11-9-19-17(3)25-13-14-26-19)12-10-20-18(4)29-21-7-5-6-8-22(21)30-20/h5-8,13-14H,9-12H2,1-4H3. The second-order valence-electron chi connectivity index (χ2n) is 7.28. The number of benzene rings is 1. The van der Waals surface area contributed by atoms with Crippen LogP contribution in [0.3, 0.4) is 0 Å². The average molecular weight is 410 g/mol. The van der Waals surface area contributed by atoms with Gasteiger partial charge in [-0.2, -0.15) is 0 Å². The molecule has 0 spiro atoms. The van der Waals surface area contributed by atoms with Crippen molar-refractivity contribution in [3.63, 3.8) is 0 Å². The summed E-state index contributed by atoms with van der Waals surface area (Å²) in [6.45, 7) is 7.61. The number of allylic oxidation sites excluding steroid dienone is 8. The molecule has 6 nitrogen and oxygen atoms in total. The molecule has 3 aliphatic heterocycles. The van der Waals surface area contributed by atoms with Gasteiger partial charge in [-0.05, 0) is 39.8 Å². The van der Waals surface area contributed by atoms with Gasteiger partial charge in [-0.25, -0.2) is 0 Å². The zero-order valence-electron chi connectivity index (χ0n) is 17.7. The maximum absolute atomic E-state index is 6.09. The van der Waals surface area contributed by atoms with Crippen molar-refractivity contribution in [3.05, 3.63) is 82.9 Å². The largest absolute Gasteiger partial charge is 0.463 e. The van der Waals surface area contributed by atoms with Crippen LogP contribution in [0.25, 0.3) is 0 Å². The third-order valence-corrected chi connectivity index (χ3v) is 5.16. The first-order chi connectivity index (χ1) is 14.5. The molecule has 30 heavy (non-hydrogen) atoms. The molecular formula is C24H26O6. The lowest BCUT2D eigenvalue weighted by Crippen LogP contribution is -2.13. The van der Waals surface area contributed by atoms with Gasteiger partial charge in [0, 0.05) is 25.7 Å². The smallest absolute Gasteiger partial charge is 0.169 e. The van der Waals surface area contributed by atoms with Crippen molar-refractivity contribution in [2.45, 2.75) is 53.4 Å². The molecule has 0 saturated carbocycles. The molecule has 0 saturated heterocycles. The summed E-state index contributed by atoms with van der Waals surface area (Å²) < 4.78 is 35.1. The normalized spacial score (nSPS) is 18.1. The van der Waals surface area contributed by atoms with Crippen LogP contribution in [0.1, 0.15) is 53.4 Å². The lowest BCUT2D eigenvalue weighted by molar-refractivity contribution is 0.154. The van der Waals surface area contributed by atoms with Gasteiger partial charge in [-0.15, -0.1) is 0 Å². The van der Waals surface area contributed by atoms with Crippen molar-refractivity contribution in [1.82, 2.24) is 0 Å². The molecule has 3 heterocycles. The van der Waals surface area contributed by atoms with Crippen molar-refractivity contribution in [1.29, 1.82) is 0 Å². The van der Waals surface area contributed by atoms with Crippen LogP contribution in [-0.2, 0) is 18.9 Å². The molecule has 3 aliphatic rings. The number of hydrogen-bond acceptors (Lipinski definition) is 6. The molecule has 0 bridgehead atoms. The van der Waals surface area contributed by atoms with E-state index in [4.69, 9.17) is 28.4 Å². The van der Waals surface area contributed by atoms with Crippen LogP contribution in [0.4, 0.5) is 0 Å². The van der Waals surface area contributed by atoms with Gasteiger partial charge in [-0.3, -0.25) is 0 Å². The van der Waals surface area contributed by atoms with E-state index in [1.807, 2.05) is 52.0 Å². The molecular weight excluding hydrogens is 384 g/mol. The molecule has 0 unspecified atom stereocenters. The van der Waals surface area contributed by atoms with Gasteiger partial charge in [0.15, 0.2) is 11.5 Å². The summed E-state index contributed by atoms with van der Waals surface area (Å²) in [6.07, 6.45) is 5.63. The topological polar surface area (TPSA) is 55.4 Å². The minimum Gasteiger partial charge on any atom is -0.463 e. The molecule has 0 radical (unpaired) electrons. The second kappa shape index (κ2) is 8.61. The van der Waals surface area contributed by atoms with Gasteiger partial charge >= 0.3 is 0 Å². The van der Waals surface area contributed by atoms with Crippen molar-refractivity contribution in [2.24, 2.45) is 0 Å². The third-order valence-electron chi connectivity index (χ3n) is 5.16. The van der Waals surface area contributed by atoms with Gasteiger partial charge in [0.1, 0.15) is 58.6 Å². The van der Waals surface area contributed by atoms with Crippen LogP contribution < -0.4 is 9.47 Å². The molecule has 1 aromatic carbocycles. The predicted octanol–water partition coefficient (Wildman–Crippen LogP) is 6.51. The summed E-state index contributed by atoms with van der Waals surface area (Å²) in [5, 5.41) is 0. The molecule has 0 aromatic heterocycles.